The van der Waals surface area contributed by atoms with Crippen LogP contribution in [0.3, 0.4) is 0 Å². The van der Waals surface area contributed by atoms with Crippen LogP contribution in [0.1, 0.15) is 12.0 Å². The molecule has 1 aliphatic heterocycles. The van der Waals surface area contributed by atoms with Crippen LogP contribution in [0.4, 0.5) is 0 Å². The predicted octanol–water partition coefficient (Wildman–Crippen LogP) is 2.47. The molecule has 1 aromatic carbocycles. The Balaban J connectivity index is 2.48. The minimum Gasteiger partial charge on any atom is -0.493 e. The van der Waals surface area contributed by atoms with Gasteiger partial charge in [0.1, 0.15) is 5.76 Å². The molecule has 0 aliphatic carbocycles. The van der Waals surface area contributed by atoms with Gasteiger partial charge in [0, 0.05) is 12.0 Å². The van der Waals surface area contributed by atoms with Crippen molar-refractivity contribution in [3.63, 3.8) is 0 Å². The Kier molecular flexibility index (Phi) is 3.42. The third-order valence-corrected chi connectivity index (χ3v) is 2.65. The van der Waals surface area contributed by atoms with E-state index in [1.807, 2.05) is 12.1 Å². The number of benzene rings is 1. The van der Waals surface area contributed by atoms with E-state index in [0.29, 0.717) is 17.2 Å². The van der Waals surface area contributed by atoms with E-state index in [1.54, 1.807) is 21.3 Å². The van der Waals surface area contributed by atoms with Gasteiger partial charge in [-0.15, -0.1) is 0 Å². The van der Waals surface area contributed by atoms with Crippen LogP contribution in [-0.2, 0) is 4.74 Å². The molecule has 4 nitrogen and oxygen atoms in total. The molecular formula is C13H16O4. The summed E-state index contributed by atoms with van der Waals surface area (Å²) in [6.45, 7) is 0.728. The molecule has 0 saturated heterocycles. The average Bonchev–Trinajstić information content (AvgIpc) is 2.90. The van der Waals surface area contributed by atoms with Crippen molar-refractivity contribution < 1.29 is 18.9 Å². The SMILES string of the molecule is COc1cc(C2=CCCO2)cc(OC)c1OC. The zero-order valence-electron chi connectivity index (χ0n) is 10.3. The number of hydrogen-bond acceptors (Lipinski definition) is 4. The Morgan fingerprint density at radius 2 is 1.65 bits per heavy atom. The lowest BCUT2D eigenvalue weighted by molar-refractivity contribution is 0.305. The van der Waals surface area contributed by atoms with Gasteiger partial charge in [0.05, 0.1) is 27.9 Å². The molecule has 4 heteroatoms. The van der Waals surface area contributed by atoms with Crippen molar-refractivity contribution in [2.75, 3.05) is 27.9 Å². The molecule has 0 fully saturated rings. The zero-order chi connectivity index (χ0) is 12.3. The second-order valence-corrected chi connectivity index (χ2v) is 3.62. The van der Waals surface area contributed by atoms with Gasteiger partial charge in [0.15, 0.2) is 11.5 Å². The van der Waals surface area contributed by atoms with Crippen LogP contribution < -0.4 is 14.2 Å². The Morgan fingerprint density at radius 1 is 1.00 bits per heavy atom. The molecule has 2 rings (SSSR count). The summed E-state index contributed by atoms with van der Waals surface area (Å²) >= 11 is 0. The summed E-state index contributed by atoms with van der Waals surface area (Å²) in [7, 11) is 4.79. The minimum atomic E-state index is 0.595. The molecule has 17 heavy (non-hydrogen) atoms. The molecule has 0 saturated carbocycles. The Hall–Kier alpha value is -1.84. The van der Waals surface area contributed by atoms with E-state index in [1.165, 1.54) is 0 Å². The van der Waals surface area contributed by atoms with Crippen LogP contribution in [0.15, 0.2) is 18.2 Å². The summed E-state index contributed by atoms with van der Waals surface area (Å²) in [6, 6.07) is 3.77. The van der Waals surface area contributed by atoms with Crippen molar-refractivity contribution >= 4 is 5.76 Å². The van der Waals surface area contributed by atoms with Crippen LogP contribution in [0.2, 0.25) is 0 Å². The van der Waals surface area contributed by atoms with E-state index in [-0.39, 0.29) is 0 Å². The number of hydrogen-bond donors (Lipinski definition) is 0. The van der Waals surface area contributed by atoms with Crippen LogP contribution in [0.5, 0.6) is 17.2 Å². The highest BCUT2D eigenvalue weighted by molar-refractivity contribution is 5.68. The largest absolute Gasteiger partial charge is 0.493 e. The third-order valence-electron chi connectivity index (χ3n) is 2.65. The molecule has 0 N–H and O–H groups in total. The molecule has 0 radical (unpaired) electrons. The highest BCUT2D eigenvalue weighted by Gasteiger charge is 2.17. The summed E-state index contributed by atoms with van der Waals surface area (Å²) in [6.07, 6.45) is 2.99. The number of rotatable bonds is 4. The van der Waals surface area contributed by atoms with E-state index in [9.17, 15) is 0 Å². The second-order valence-electron chi connectivity index (χ2n) is 3.62. The molecule has 0 bridgehead atoms. The van der Waals surface area contributed by atoms with Gasteiger partial charge < -0.3 is 18.9 Å². The highest BCUT2D eigenvalue weighted by Crippen LogP contribution is 2.40. The molecule has 0 spiro atoms. The Bertz CT molecular complexity index is 412. The number of methoxy groups -OCH3 is 3. The maximum absolute atomic E-state index is 5.52. The summed E-state index contributed by atoms with van der Waals surface area (Å²) in [5.74, 6) is 2.73. The van der Waals surface area contributed by atoms with Gasteiger partial charge in [-0.1, -0.05) is 0 Å². The molecule has 1 aliphatic rings. The van der Waals surface area contributed by atoms with Crippen molar-refractivity contribution in [1.29, 1.82) is 0 Å². The lowest BCUT2D eigenvalue weighted by Crippen LogP contribution is -1.97. The molecule has 92 valence electrons. The fraction of sp³-hybridized carbons (Fsp3) is 0.385. The Morgan fingerprint density at radius 3 is 2.06 bits per heavy atom. The first-order chi connectivity index (χ1) is 8.30. The van der Waals surface area contributed by atoms with Crippen LogP contribution >= 0.6 is 0 Å². The van der Waals surface area contributed by atoms with Gasteiger partial charge in [0.25, 0.3) is 0 Å². The first kappa shape index (κ1) is 11.6. The lowest BCUT2D eigenvalue weighted by atomic mass is 10.1. The highest BCUT2D eigenvalue weighted by atomic mass is 16.5. The molecule has 0 unspecified atom stereocenters. The quantitative estimate of drug-likeness (QED) is 0.804. The van der Waals surface area contributed by atoms with E-state index < -0.39 is 0 Å². The standard InChI is InChI=1S/C13H16O4/c1-14-11-7-9(10-5-4-6-17-10)8-12(15-2)13(11)16-3/h5,7-8H,4,6H2,1-3H3. The summed E-state index contributed by atoms with van der Waals surface area (Å²) in [4.78, 5) is 0. The van der Waals surface area contributed by atoms with Crippen LogP contribution in [0.25, 0.3) is 5.76 Å². The van der Waals surface area contributed by atoms with E-state index in [2.05, 4.69) is 6.08 Å². The van der Waals surface area contributed by atoms with Gasteiger partial charge in [-0.25, -0.2) is 0 Å². The molecule has 1 heterocycles. The third kappa shape index (κ3) is 2.16. The monoisotopic (exact) mass is 236 g/mol. The lowest BCUT2D eigenvalue weighted by Gasteiger charge is -2.14. The van der Waals surface area contributed by atoms with E-state index >= 15 is 0 Å². The minimum absolute atomic E-state index is 0.595. The average molecular weight is 236 g/mol. The second kappa shape index (κ2) is 4.99. The fourth-order valence-corrected chi connectivity index (χ4v) is 1.84. The summed E-state index contributed by atoms with van der Waals surface area (Å²) < 4.78 is 21.4. The van der Waals surface area contributed by atoms with Gasteiger partial charge >= 0.3 is 0 Å². The molecule has 0 aromatic heterocycles. The smallest absolute Gasteiger partial charge is 0.203 e. The van der Waals surface area contributed by atoms with E-state index in [0.717, 1.165) is 24.4 Å². The maximum atomic E-state index is 5.52. The van der Waals surface area contributed by atoms with Crippen LogP contribution in [-0.4, -0.2) is 27.9 Å². The molecular weight excluding hydrogens is 220 g/mol. The van der Waals surface area contributed by atoms with Gasteiger partial charge in [0.2, 0.25) is 5.75 Å². The summed E-state index contributed by atoms with van der Waals surface area (Å²) in [5, 5.41) is 0. The molecule has 0 atom stereocenters. The normalized spacial score (nSPS) is 13.9. The first-order valence-electron chi connectivity index (χ1n) is 5.43. The summed E-state index contributed by atoms with van der Waals surface area (Å²) in [5.41, 5.74) is 0.942. The van der Waals surface area contributed by atoms with Crippen molar-refractivity contribution in [3.8, 4) is 17.2 Å². The van der Waals surface area contributed by atoms with Crippen molar-refractivity contribution in [3.05, 3.63) is 23.8 Å². The van der Waals surface area contributed by atoms with Crippen molar-refractivity contribution in [1.82, 2.24) is 0 Å². The van der Waals surface area contributed by atoms with Gasteiger partial charge in [-0.3, -0.25) is 0 Å². The molecule has 1 aromatic rings. The molecule has 0 amide bonds. The van der Waals surface area contributed by atoms with Crippen molar-refractivity contribution in [2.24, 2.45) is 0 Å². The van der Waals surface area contributed by atoms with Gasteiger partial charge in [-0.05, 0) is 18.2 Å². The fourth-order valence-electron chi connectivity index (χ4n) is 1.84. The topological polar surface area (TPSA) is 36.9 Å². The predicted molar refractivity (Wildman–Crippen MR) is 64.6 cm³/mol. The van der Waals surface area contributed by atoms with Crippen LogP contribution in [0, 0.1) is 0 Å². The maximum Gasteiger partial charge on any atom is 0.203 e. The van der Waals surface area contributed by atoms with Gasteiger partial charge in [-0.2, -0.15) is 0 Å². The Labute approximate surface area is 101 Å². The number of ether oxygens (including phenoxy) is 4. The van der Waals surface area contributed by atoms with Crippen molar-refractivity contribution in [2.45, 2.75) is 6.42 Å². The zero-order valence-corrected chi connectivity index (χ0v) is 10.3. The van der Waals surface area contributed by atoms with E-state index in [4.69, 9.17) is 18.9 Å². The first-order valence-corrected chi connectivity index (χ1v) is 5.43.